The number of anilines is 1. The number of benzene rings is 1. The van der Waals surface area contributed by atoms with Crippen LogP contribution in [0.2, 0.25) is 0 Å². The van der Waals surface area contributed by atoms with Crippen LogP contribution in [0, 0.1) is 16.7 Å². The lowest BCUT2D eigenvalue weighted by Crippen LogP contribution is -2.19. The minimum atomic E-state index is 0.491. The highest BCUT2D eigenvalue weighted by atomic mass is 14.9. The van der Waals surface area contributed by atoms with E-state index in [9.17, 15) is 0 Å². The van der Waals surface area contributed by atoms with E-state index in [0.717, 1.165) is 11.3 Å². The van der Waals surface area contributed by atoms with Gasteiger partial charge in [0, 0.05) is 11.7 Å². The lowest BCUT2D eigenvalue weighted by molar-refractivity contribution is 0.313. The Morgan fingerprint density at radius 1 is 1.28 bits per heavy atom. The van der Waals surface area contributed by atoms with Gasteiger partial charge in [0.1, 0.15) is 0 Å². The van der Waals surface area contributed by atoms with Gasteiger partial charge in [0.2, 0.25) is 0 Å². The third-order valence-corrected chi connectivity index (χ3v) is 3.94. The predicted molar refractivity (Wildman–Crippen MR) is 75.4 cm³/mol. The molecular formula is C16H22N2. The van der Waals surface area contributed by atoms with Gasteiger partial charge in [0.05, 0.1) is 11.6 Å². The van der Waals surface area contributed by atoms with Crippen molar-refractivity contribution < 1.29 is 0 Å². The average molecular weight is 242 g/mol. The molecule has 1 fully saturated rings. The van der Waals surface area contributed by atoms with E-state index < -0.39 is 0 Å². The lowest BCUT2D eigenvalue weighted by atomic mass is 9.85. The van der Waals surface area contributed by atoms with Gasteiger partial charge in [0.15, 0.2) is 0 Å². The molecule has 0 aliphatic heterocycles. The topological polar surface area (TPSA) is 35.8 Å². The lowest BCUT2D eigenvalue weighted by Gasteiger charge is -2.22. The molecule has 1 aromatic rings. The van der Waals surface area contributed by atoms with E-state index in [-0.39, 0.29) is 0 Å². The molecular weight excluding hydrogens is 220 g/mol. The largest absolute Gasteiger partial charge is 0.382 e. The first-order chi connectivity index (χ1) is 8.59. The average Bonchev–Trinajstić information content (AvgIpc) is 2.51. The van der Waals surface area contributed by atoms with Crippen molar-refractivity contribution in [3.63, 3.8) is 0 Å². The van der Waals surface area contributed by atoms with Crippen LogP contribution in [0.15, 0.2) is 24.3 Å². The SMILES string of the molecule is CC1(C)CCCC(Nc2cccc(C#N)c2)CC1. The minimum Gasteiger partial charge on any atom is -0.382 e. The Labute approximate surface area is 110 Å². The smallest absolute Gasteiger partial charge is 0.0992 e. The van der Waals surface area contributed by atoms with Crippen molar-refractivity contribution in [1.29, 1.82) is 5.26 Å². The molecule has 0 radical (unpaired) electrons. The molecule has 1 aliphatic carbocycles. The number of nitriles is 1. The first-order valence-corrected chi connectivity index (χ1v) is 6.86. The summed E-state index contributed by atoms with van der Waals surface area (Å²) in [7, 11) is 0. The van der Waals surface area contributed by atoms with Crippen LogP contribution in [-0.2, 0) is 0 Å². The van der Waals surface area contributed by atoms with Gasteiger partial charge >= 0.3 is 0 Å². The summed E-state index contributed by atoms with van der Waals surface area (Å²) < 4.78 is 0. The summed E-state index contributed by atoms with van der Waals surface area (Å²) in [4.78, 5) is 0. The van der Waals surface area contributed by atoms with Crippen LogP contribution in [0.3, 0.4) is 0 Å². The van der Waals surface area contributed by atoms with Gasteiger partial charge < -0.3 is 5.32 Å². The fourth-order valence-corrected chi connectivity index (χ4v) is 2.72. The molecule has 2 rings (SSSR count). The summed E-state index contributed by atoms with van der Waals surface area (Å²) in [5.74, 6) is 0. The van der Waals surface area contributed by atoms with Crippen molar-refractivity contribution in [2.24, 2.45) is 5.41 Å². The molecule has 0 spiro atoms. The molecule has 0 bridgehead atoms. The van der Waals surface area contributed by atoms with Gasteiger partial charge in [0.25, 0.3) is 0 Å². The summed E-state index contributed by atoms with van der Waals surface area (Å²) in [6.07, 6.45) is 6.36. The zero-order chi connectivity index (χ0) is 13.0. The maximum atomic E-state index is 8.90. The first-order valence-electron chi connectivity index (χ1n) is 6.86. The Kier molecular flexibility index (Phi) is 3.91. The molecule has 1 unspecified atom stereocenters. The number of hydrogen-bond donors (Lipinski definition) is 1. The van der Waals surface area contributed by atoms with Gasteiger partial charge in [-0.3, -0.25) is 0 Å². The second kappa shape index (κ2) is 5.44. The highest BCUT2D eigenvalue weighted by molar-refractivity contribution is 5.49. The molecule has 1 N–H and O–H groups in total. The van der Waals surface area contributed by atoms with E-state index >= 15 is 0 Å². The highest BCUT2D eigenvalue weighted by Crippen LogP contribution is 2.34. The van der Waals surface area contributed by atoms with E-state index in [1.807, 2.05) is 18.2 Å². The van der Waals surface area contributed by atoms with Crippen molar-refractivity contribution in [1.82, 2.24) is 0 Å². The zero-order valence-corrected chi connectivity index (χ0v) is 11.4. The standard InChI is InChI=1S/C16H22N2/c1-16(2)9-4-7-14(8-10-16)18-15-6-3-5-13(11-15)12-17/h3,5-6,11,14,18H,4,7-10H2,1-2H3. The van der Waals surface area contributed by atoms with Crippen LogP contribution in [0.4, 0.5) is 5.69 Å². The summed E-state index contributed by atoms with van der Waals surface area (Å²) in [6.45, 7) is 4.73. The van der Waals surface area contributed by atoms with Gasteiger partial charge in [-0.2, -0.15) is 5.26 Å². The Hall–Kier alpha value is -1.49. The van der Waals surface area contributed by atoms with Crippen molar-refractivity contribution in [2.75, 3.05) is 5.32 Å². The molecule has 18 heavy (non-hydrogen) atoms. The Morgan fingerprint density at radius 3 is 2.89 bits per heavy atom. The maximum absolute atomic E-state index is 8.90. The monoisotopic (exact) mass is 242 g/mol. The normalized spacial score (nSPS) is 22.8. The summed E-state index contributed by atoms with van der Waals surface area (Å²) in [6, 6.07) is 10.5. The molecule has 0 aromatic heterocycles. The summed E-state index contributed by atoms with van der Waals surface area (Å²) in [5, 5.41) is 12.5. The number of hydrogen-bond acceptors (Lipinski definition) is 2. The molecule has 0 saturated heterocycles. The fourth-order valence-electron chi connectivity index (χ4n) is 2.72. The highest BCUT2D eigenvalue weighted by Gasteiger charge is 2.24. The van der Waals surface area contributed by atoms with Crippen LogP contribution < -0.4 is 5.32 Å². The molecule has 0 heterocycles. The molecule has 96 valence electrons. The molecule has 1 aliphatic rings. The van der Waals surface area contributed by atoms with Crippen LogP contribution in [-0.4, -0.2) is 6.04 Å². The predicted octanol–water partition coefficient (Wildman–Crippen LogP) is 4.33. The number of nitrogens with one attached hydrogen (secondary N) is 1. The molecule has 2 heteroatoms. The van der Waals surface area contributed by atoms with Crippen LogP contribution in [0.25, 0.3) is 0 Å². The Bertz CT molecular complexity index is 443. The minimum absolute atomic E-state index is 0.491. The molecule has 2 nitrogen and oxygen atoms in total. The summed E-state index contributed by atoms with van der Waals surface area (Å²) in [5.41, 5.74) is 2.30. The van der Waals surface area contributed by atoms with Crippen molar-refractivity contribution >= 4 is 5.69 Å². The Morgan fingerprint density at radius 2 is 2.11 bits per heavy atom. The summed E-state index contributed by atoms with van der Waals surface area (Å²) >= 11 is 0. The van der Waals surface area contributed by atoms with Gasteiger partial charge in [-0.25, -0.2) is 0 Å². The zero-order valence-electron chi connectivity index (χ0n) is 11.4. The second-order valence-corrected chi connectivity index (χ2v) is 6.13. The fraction of sp³-hybridized carbons (Fsp3) is 0.562. The van der Waals surface area contributed by atoms with Crippen molar-refractivity contribution in [3.05, 3.63) is 29.8 Å². The van der Waals surface area contributed by atoms with E-state index in [1.54, 1.807) is 0 Å². The van der Waals surface area contributed by atoms with Crippen LogP contribution in [0.1, 0.15) is 51.5 Å². The number of nitrogens with zero attached hydrogens (tertiary/aromatic N) is 1. The van der Waals surface area contributed by atoms with Gasteiger partial charge in [-0.15, -0.1) is 0 Å². The van der Waals surface area contributed by atoms with Crippen LogP contribution >= 0.6 is 0 Å². The molecule has 1 atom stereocenters. The second-order valence-electron chi connectivity index (χ2n) is 6.13. The molecule has 1 saturated carbocycles. The Balaban J connectivity index is 1.99. The molecule has 1 aromatic carbocycles. The third kappa shape index (κ3) is 3.50. The number of rotatable bonds is 2. The first kappa shape index (κ1) is 13.0. The van der Waals surface area contributed by atoms with Crippen LogP contribution in [0.5, 0.6) is 0 Å². The van der Waals surface area contributed by atoms with E-state index in [0.29, 0.717) is 11.5 Å². The van der Waals surface area contributed by atoms with Gasteiger partial charge in [-0.1, -0.05) is 26.3 Å². The van der Waals surface area contributed by atoms with Crippen molar-refractivity contribution in [2.45, 2.75) is 52.0 Å². The third-order valence-electron chi connectivity index (χ3n) is 3.94. The van der Waals surface area contributed by atoms with E-state index in [1.165, 1.54) is 32.1 Å². The maximum Gasteiger partial charge on any atom is 0.0992 e. The van der Waals surface area contributed by atoms with E-state index in [2.05, 4.69) is 31.3 Å². The molecule has 0 amide bonds. The van der Waals surface area contributed by atoms with Crippen molar-refractivity contribution in [3.8, 4) is 6.07 Å². The quantitative estimate of drug-likeness (QED) is 0.783. The van der Waals surface area contributed by atoms with Gasteiger partial charge in [-0.05, 0) is 49.3 Å². The van der Waals surface area contributed by atoms with E-state index in [4.69, 9.17) is 5.26 Å².